The fourth-order valence-corrected chi connectivity index (χ4v) is 6.41. The van der Waals surface area contributed by atoms with Crippen LogP contribution in [0.3, 0.4) is 0 Å². The number of rotatable bonds is 5. The predicted octanol–water partition coefficient (Wildman–Crippen LogP) is 3.10. The van der Waals surface area contributed by atoms with E-state index in [4.69, 9.17) is 4.74 Å². The van der Waals surface area contributed by atoms with Gasteiger partial charge < -0.3 is 15.0 Å². The number of fused-ring (bicyclic) bond motifs is 1. The Labute approximate surface area is 202 Å². The molecule has 3 fully saturated rings. The van der Waals surface area contributed by atoms with Crippen molar-refractivity contribution >= 4 is 17.7 Å². The summed E-state index contributed by atoms with van der Waals surface area (Å²) in [6.07, 6.45) is 8.80. The number of hydrogen-bond acceptors (Lipinski definition) is 5. The van der Waals surface area contributed by atoms with Gasteiger partial charge in [-0.25, -0.2) is 0 Å². The molecule has 3 amide bonds. The Morgan fingerprint density at radius 1 is 1.12 bits per heavy atom. The average molecular weight is 468 g/mol. The molecule has 2 saturated heterocycles. The zero-order valence-corrected chi connectivity index (χ0v) is 20.4. The predicted molar refractivity (Wildman–Crippen MR) is 128 cm³/mol. The van der Waals surface area contributed by atoms with Gasteiger partial charge in [0.25, 0.3) is 5.91 Å². The van der Waals surface area contributed by atoms with Gasteiger partial charge >= 0.3 is 0 Å². The lowest BCUT2D eigenvalue weighted by Crippen LogP contribution is -2.52. The Balaban J connectivity index is 1.25. The second-order valence-corrected chi connectivity index (χ2v) is 11.2. The summed E-state index contributed by atoms with van der Waals surface area (Å²) in [5.74, 6) is -0.130. The smallest absolute Gasteiger partial charge is 0.255 e. The Morgan fingerprint density at radius 2 is 1.94 bits per heavy atom. The van der Waals surface area contributed by atoms with Gasteiger partial charge in [-0.1, -0.05) is 25.0 Å². The van der Waals surface area contributed by atoms with Crippen molar-refractivity contribution in [3.05, 3.63) is 34.9 Å². The zero-order chi connectivity index (χ0) is 23.9. The van der Waals surface area contributed by atoms with Crippen LogP contribution in [0, 0.1) is 5.92 Å². The van der Waals surface area contributed by atoms with Crippen LogP contribution >= 0.6 is 0 Å². The number of amides is 3. The molecule has 5 rings (SSSR count). The minimum Gasteiger partial charge on any atom is -0.375 e. The second-order valence-electron chi connectivity index (χ2n) is 11.2. The van der Waals surface area contributed by atoms with Crippen LogP contribution in [-0.2, 0) is 27.3 Å². The summed E-state index contributed by atoms with van der Waals surface area (Å²) in [5.41, 5.74) is 2.90. The number of carbonyl (C=O) groups is 3. The Morgan fingerprint density at radius 3 is 2.74 bits per heavy atom. The first-order valence-electron chi connectivity index (χ1n) is 13.0. The maximum absolute atomic E-state index is 13.0. The molecule has 1 aliphatic carbocycles. The lowest BCUT2D eigenvalue weighted by atomic mass is 9.79. The summed E-state index contributed by atoms with van der Waals surface area (Å²) in [7, 11) is 0. The van der Waals surface area contributed by atoms with E-state index in [1.54, 1.807) is 4.90 Å². The minimum absolute atomic E-state index is 0.0546. The van der Waals surface area contributed by atoms with Crippen LogP contribution in [0.1, 0.15) is 86.7 Å². The Kier molecular flexibility index (Phi) is 6.51. The first-order valence-corrected chi connectivity index (χ1v) is 13.0. The van der Waals surface area contributed by atoms with E-state index in [0.29, 0.717) is 36.5 Å². The van der Waals surface area contributed by atoms with E-state index in [2.05, 4.69) is 36.6 Å². The van der Waals surface area contributed by atoms with Crippen molar-refractivity contribution in [3.63, 3.8) is 0 Å². The van der Waals surface area contributed by atoms with E-state index in [1.807, 2.05) is 6.07 Å². The molecular weight excluding hydrogens is 430 g/mol. The van der Waals surface area contributed by atoms with Gasteiger partial charge in [-0.2, -0.15) is 0 Å². The van der Waals surface area contributed by atoms with Crippen LogP contribution in [0.2, 0.25) is 0 Å². The Bertz CT molecular complexity index is 975. The minimum atomic E-state index is -0.559. The largest absolute Gasteiger partial charge is 0.375 e. The summed E-state index contributed by atoms with van der Waals surface area (Å²) in [5, 5.41) is 6.36. The van der Waals surface area contributed by atoms with E-state index < -0.39 is 6.04 Å². The summed E-state index contributed by atoms with van der Waals surface area (Å²) < 4.78 is 5.91. The fraction of sp³-hybridized carbons (Fsp3) is 0.667. The molecule has 3 heterocycles. The van der Waals surface area contributed by atoms with E-state index in [-0.39, 0.29) is 29.7 Å². The number of nitrogens with zero attached hydrogens (tertiary/aromatic N) is 1. The van der Waals surface area contributed by atoms with Crippen molar-refractivity contribution in [2.24, 2.45) is 5.92 Å². The summed E-state index contributed by atoms with van der Waals surface area (Å²) in [4.78, 5) is 38.4. The van der Waals surface area contributed by atoms with Crippen LogP contribution in [0.5, 0.6) is 0 Å². The second kappa shape index (κ2) is 9.42. The maximum Gasteiger partial charge on any atom is 0.255 e. The zero-order valence-electron chi connectivity index (χ0n) is 20.4. The van der Waals surface area contributed by atoms with Gasteiger partial charge in [0.1, 0.15) is 6.04 Å². The van der Waals surface area contributed by atoms with Gasteiger partial charge in [0.15, 0.2) is 0 Å². The van der Waals surface area contributed by atoms with E-state index in [9.17, 15) is 14.4 Å². The van der Waals surface area contributed by atoms with Crippen molar-refractivity contribution in [2.45, 2.75) is 102 Å². The highest BCUT2D eigenvalue weighted by Crippen LogP contribution is 2.33. The molecule has 0 bridgehead atoms. The van der Waals surface area contributed by atoms with Gasteiger partial charge in [0.05, 0.1) is 5.60 Å². The molecule has 1 unspecified atom stereocenters. The van der Waals surface area contributed by atoms with Crippen LogP contribution in [-0.4, -0.2) is 53.0 Å². The molecule has 34 heavy (non-hydrogen) atoms. The van der Waals surface area contributed by atoms with E-state index in [1.165, 1.54) is 31.2 Å². The first-order chi connectivity index (χ1) is 16.3. The molecule has 1 saturated carbocycles. The van der Waals surface area contributed by atoms with Gasteiger partial charge in [0, 0.05) is 37.2 Å². The topological polar surface area (TPSA) is 87.7 Å². The summed E-state index contributed by atoms with van der Waals surface area (Å²) in [6.45, 7) is 5.63. The van der Waals surface area contributed by atoms with Gasteiger partial charge in [-0.3, -0.25) is 19.7 Å². The number of ether oxygens (including phenoxy) is 1. The van der Waals surface area contributed by atoms with E-state index >= 15 is 0 Å². The highest BCUT2D eigenvalue weighted by atomic mass is 16.5. The summed E-state index contributed by atoms with van der Waals surface area (Å²) in [6, 6.07) is 6.66. The third-order valence-corrected chi connectivity index (χ3v) is 8.14. The van der Waals surface area contributed by atoms with Crippen molar-refractivity contribution < 1.29 is 19.1 Å². The molecule has 1 aromatic carbocycles. The first kappa shape index (κ1) is 23.5. The van der Waals surface area contributed by atoms with Crippen LogP contribution in [0.25, 0.3) is 0 Å². The molecular formula is C27H37N3O4. The highest BCUT2D eigenvalue weighted by Gasteiger charge is 2.39. The SMILES string of the molecule is CC1(C)C[C@H](N[C@H]2CCCC[C@@H]2Cc2ccc3c(c2)CN(C2CCC(=O)NC2=O)C3=O)CCO1. The molecule has 184 valence electrons. The number of benzene rings is 1. The Hall–Kier alpha value is -2.25. The molecule has 2 N–H and O–H groups in total. The van der Waals surface area contributed by atoms with Crippen LogP contribution in [0.15, 0.2) is 18.2 Å². The number of piperidine rings is 1. The number of imide groups is 1. The molecule has 7 heteroatoms. The van der Waals surface area contributed by atoms with E-state index in [0.717, 1.165) is 31.4 Å². The average Bonchev–Trinajstić information content (AvgIpc) is 3.10. The fourth-order valence-electron chi connectivity index (χ4n) is 6.41. The monoisotopic (exact) mass is 467 g/mol. The third kappa shape index (κ3) is 4.91. The van der Waals surface area contributed by atoms with Gasteiger partial charge in [-0.15, -0.1) is 0 Å². The summed E-state index contributed by atoms with van der Waals surface area (Å²) >= 11 is 0. The van der Waals surface area contributed by atoms with Crippen molar-refractivity contribution in [3.8, 4) is 0 Å². The highest BCUT2D eigenvalue weighted by molar-refractivity contribution is 6.05. The van der Waals surface area contributed by atoms with Crippen molar-refractivity contribution in [1.29, 1.82) is 0 Å². The van der Waals surface area contributed by atoms with Gasteiger partial charge in [-0.05, 0) is 75.5 Å². The molecule has 7 nitrogen and oxygen atoms in total. The molecule has 0 spiro atoms. The van der Waals surface area contributed by atoms with Crippen LogP contribution < -0.4 is 10.6 Å². The van der Waals surface area contributed by atoms with Gasteiger partial charge in [0.2, 0.25) is 11.8 Å². The molecule has 0 radical (unpaired) electrons. The molecule has 0 aromatic heterocycles. The standard InChI is InChI=1S/C27H37N3O4/c1-27(2)15-20(11-12-34-27)28-22-6-4-3-5-18(22)13-17-7-8-21-19(14-17)16-30(26(21)33)23-9-10-24(31)29-25(23)32/h7-8,14,18,20,22-23,28H,3-6,9-13,15-16H2,1-2H3,(H,29,31,32)/t18-,20-,22+,23?/m1/s1. The lowest BCUT2D eigenvalue weighted by Gasteiger charge is -2.41. The number of nitrogens with one attached hydrogen (secondary N) is 2. The normalized spacial score (nSPS) is 31.4. The molecule has 4 atom stereocenters. The number of hydrogen-bond donors (Lipinski definition) is 2. The molecule has 3 aliphatic heterocycles. The quantitative estimate of drug-likeness (QED) is 0.650. The third-order valence-electron chi connectivity index (χ3n) is 8.14. The number of carbonyl (C=O) groups excluding carboxylic acids is 3. The lowest BCUT2D eigenvalue weighted by molar-refractivity contribution is -0.136. The van der Waals surface area contributed by atoms with Crippen molar-refractivity contribution in [2.75, 3.05) is 6.61 Å². The van der Waals surface area contributed by atoms with Crippen LogP contribution in [0.4, 0.5) is 0 Å². The molecule has 1 aromatic rings. The molecule has 4 aliphatic rings. The maximum atomic E-state index is 13.0. The van der Waals surface area contributed by atoms with Crippen molar-refractivity contribution in [1.82, 2.24) is 15.5 Å².